The summed E-state index contributed by atoms with van der Waals surface area (Å²) in [6, 6.07) is 3.50. The highest BCUT2D eigenvalue weighted by atomic mass is 32.1. The second-order valence-corrected chi connectivity index (χ2v) is 3.11. The summed E-state index contributed by atoms with van der Waals surface area (Å²) in [5, 5.41) is 0.321. The fraction of sp³-hybridized carbons (Fsp3) is 0.300. The van der Waals surface area contributed by atoms with E-state index in [1.165, 1.54) is 14.2 Å². The van der Waals surface area contributed by atoms with Crippen molar-refractivity contribution in [3.05, 3.63) is 29.6 Å². The van der Waals surface area contributed by atoms with Crippen LogP contribution in [0.3, 0.4) is 0 Å². The number of pyridine rings is 1. The molecule has 0 saturated heterocycles. The number of hydrogen-bond acceptors (Lipinski definition) is 5. The predicted octanol–water partition coefficient (Wildman–Crippen LogP) is 1.12. The van der Waals surface area contributed by atoms with Crippen LogP contribution in [-0.4, -0.2) is 30.2 Å². The number of esters is 1. The zero-order valence-corrected chi connectivity index (χ0v) is 9.34. The number of carbonyl (C=O) groups is 1. The molecule has 0 aliphatic carbocycles. The largest absolute Gasteiger partial charge is 0.486 e. The van der Waals surface area contributed by atoms with Crippen molar-refractivity contribution in [3.63, 3.8) is 0 Å². The van der Waals surface area contributed by atoms with Gasteiger partial charge in [0.1, 0.15) is 0 Å². The van der Waals surface area contributed by atoms with Crippen LogP contribution in [0.5, 0.6) is 0 Å². The third kappa shape index (κ3) is 2.99. The average molecular weight is 225 g/mol. The van der Waals surface area contributed by atoms with Crippen LogP contribution in [0.1, 0.15) is 11.3 Å². The molecule has 80 valence electrons. The summed E-state index contributed by atoms with van der Waals surface area (Å²) in [4.78, 5) is 15.2. The van der Waals surface area contributed by atoms with Gasteiger partial charge in [0.25, 0.3) is 0 Å². The summed E-state index contributed by atoms with van der Waals surface area (Å²) in [7, 11) is 2.82. The molecule has 15 heavy (non-hydrogen) atoms. The second-order valence-electron chi connectivity index (χ2n) is 2.74. The van der Waals surface area contributed by atoms with Gasteiger partial charge in [-0.05, 0) is 24.4 Å². The predicted molar refractivity (Wildman–Crippen MR) is 58.7 cm³/mol. The van der Waals surface area contributed by atoms with Gasteiger partial charge in [-0.25, -0.2) is 0 Å². The monoisotopic (exact) mass is 225 g/mol. The Kier molecular flexibility index (Phi) is 4.17. The van der Waals surface area contributed by atoms with E-state index in [2.05, 4.69) is 9.72 Å². The third-order valence-electron chi connectivity index (χ3n) is 1.83. The molecule has 4 nitrogen and oxygen atoms in total. The molecule has 0 aliphatic rings. The molecular formula is C10H11NO3S. The van der Waals surface area contributed by atoms with Crippen LogP contribution in [0.2, 0.25) is 0 Å². The summed E-state index contributed by atoms with van der Waals surface area (Å²) in [6.07, 6.45) is 1.69. The molecule has 0 saturated carbocycles. The fourth-order valence-electron chi connectivity index (χ4n) is 1.08. The lowest BCUT2D eigenvalue weighted by molar-refractivity contribution is -0.139. The van der Waals surface area contributed by atoms with Crippen LogP contribution in [0.25, 0.3) is 0 Å². The number of ether oxygens (including phenoxy) is 2. The molecule has 1 heterocycles. The number of rotatable bonds is 3. The maximum absolute atomic E-state index is 11.1. The Morgan fingerprint density at radius 1 is 1.47 bits per heavy atom. The van der Waals surface area contributed by atoms with Crippen LogP contribution in [-0.2, 0) is 20.7 Å². The van der Waals surface area contributed by atoms with E-state index in [1.807, 2.05) is 0 Å². The summed E-state index contributed by atoms with van der Waals surface area (Å²) in [5.74, 6) is -0.353. The van der Waals surface area contributed by atoms with Crippen LogP contribution in [0.4, 0.5) is 0 Å². The maximum atomic E-state index is 11.1. The van der Waals surface area contributed by atoms with E-state index in [1.54, 1.807) is 18.3 Å². The summed E-state index contributed by atoms with van der Waals surface area (Å²) < 4.78 is 9.49. The molecular weight excluding hydrogens is 214 g/mol. The molecule has 0 fully saturated rings. The molecule has 0 atom stereocenters. The SMILES string of the molecule is COC(=O)Cc1ncccc1C(=S)OC. The lowest BCUT2D eigenvalue weighted by Crippen LogP contribution is -2.12. The minimum absolute atomic E-state index is 0.0934. The average Bonchev–Trinajstić information content (AvgIpc) is 2.28. The minimum Gasteiger partial charge on any atom is -0.486 e. The Hall–Kier alpha value is -1.49. The van der Waals surface area contributed by atoms with Gasteiger partial charge in [0.05, 0.1) is 31.9 Å². The number of thiocarbonyl (C=S) groups is 1. The van der Waals surface area contributed by atoms with Gasteiger partial charge < -0.3 is 9.47 Å². The zero-order valence-electron chi connectivity index (χ0n) is 8.52. The highest BCUT2D eigenvalue weighted by Crippen LogP contribution is 2.09. The van der Waals surface area contributed by atoms with Crippen LogP contribution < -0.4 is 0 Å². The zero-order chi connectivity index (χ0) is 11.3. The first-order chi connectivity index (χ1) is 7.19. The van der Waals surface area contributed by atoms with Gasteiger partial charge in [-0.1, -0.05) is 0 Å². The molecule has 0 aromatic carbocycles. The van der Waals surface area contributed by atoms with Gasteiger partial charge in [-0.15, -0.1) is 0 Å². The van der Waals surface area contributed by atoms with E-state index in [4.69, 9.17) is 17.0 Å². The standard InChI is InChI=1S/C10H11NO3S/c1-13-9(12)6-8-7(10(15)14-2)4-3-5-11-8/h3-5H,6H2,1-2H3. The fourth-order valence-corrected chi connectivity index (χ4v) is 1.27. The van der Waals surface area contributed by atoms with Crippen LogP contribution in [0, 0.1) is 0 Å². The molecule has 5 heteroatoms. The number of nitrogens with zero attached hydrogens (tertiary/aromatic N) is 1. The Morgan fingerprint density at radius 3 is 2.80 bits per heavy atom. The Morgan fingerprint density at radius 2 is 2.20 bits per heavy atom. The van der Waals surface area contributed by atoms with Crippen molar-refractivity contribution >= 4 is 23.2 Å². The first-order valence-corrected chi connectivity index (χ1v) is 4.69. The quantitative estimate of drug-likeness (QED) is 0.570. The molecule has 0 bridgehead atoms. The highest BCUT2D eigenvalue weighted by molar-refractivity contribution is 7.80. The molecule has 0 spiro atoms. The Balaban J connectivity index is 2.96. The Labute approximate surface area is 93.2 Å². The smallest absolute Gasteiger partial charge is 0.311 e. The number of hydrogen-bond donors (Lipinski definition) is 0. The molecule has 0 amide bonds. The second kappa shape index (κ2) is 5.41. The van der Waals surface area contributed by atoms with E-state index >= 15 is 0 Å². The molecule has 0 radical (unpaired) electrons. The number of carbonyl (C=O) groups excluding carboxylic acids is 1. The minimum atomic E-state index is -0.353. The Bertz CT molecular complexity index is 379. The van der Waals surface area contributed by atoms with Gasteiger partial charge in [-0.2, -0.15) is 0 Å². The lowest BCUT2D eigenvalue weighted by atomic mass is 10.1. The van der Waals surface area contributed by atoms with Crippen molar-refractivity contribution in [2.75, 3.05) is 14.2 Å². The molecule has 1 rings (SSSR count). The van der Waals surface area contributed by atoms with E-state index in [9.17, 15) is 4.79 Å². The van der Waals surface area contributed by atoms with Crippen molar-refractivity contribution in [2.45, 2.75) is 6.42 Å². The van der Waals surface area contributed by atoms with Crippen molar-refractivity contribution in [3.8, 4) is 0 Å². The van der Waals surface area contributed by atoms with Crippen LogP contribution >= 0.6 is 12.2 Å². The van der Waals surface area contributed by atoms with E-state index in [-0.39, 0.29) is 12.4 Å². The first kappa shape index (κ1) is 11.6. The van der Waals surface area contributed by atoms with Crippen molar-refractivity contribution in [2.24, 2.45) is 0 Å². The number of methoxy groups -OCH3 is 2. The maximum Gasteiger partial charge on any atom is 0.311 e. The van der Waals surface area contributed by atoms with Crippen molar-refractivity contribution in [1.82, 2.24) is 4.98 Å². The number of aromatic nitrogens is 1. The molecule has 1 aromatic heterocycles. The molecule has 1 aromatic rings. The molecule has 0 N–H and O–H groups in total. The molecule has 0 unspecified atom stereocenters. The summed E-state index contributed by atoms with van der Waals surface area (Å²) in [6.45, 7) is 0. The topological polar surface area (TPSA) is 48.4 Å². The highest BCUT2D eigenvalue weighted by Gasteiger charge is 2.12. The first-order valence-electron chi connectivity index (χ1n) is 4.28. The van der Waals surface area contributed by atoms with Gasteiger partial charge in [0, 0.05) is 6.20 Å². The van der Waals surface area contributed by atoms with Gasteiger partial charge >= 0.3 is 5.97 Å². The van der Waals surface area contributed by atoms with E-state index in [0.717, 1.165) is 0 Å². The normalized spacial score (nSPS) is 9.47. The van der Waals surface area contributed by atoms with E-state index in [0.29, 0.717) is 16.3 Å². The summed E-state index contributed by atoms with van der Waals surface area (Å²) in [5.41, 5.74) is 1.22. The van der Waals surface area contributed by atoms with Crippen molar-refractivity contribution < 1.29 is 14.3 Å². The van der Waals surface area contributed by atoms with E-state index < -0.39 is 0 Å². The third-order valence-corrected chi connectivity index (χ3v) is 2.22. The van der Waals surface area contributed by atoms with Crippen molar-refractivity contribution in [1.29, 1.82) is 0 Å². The van der Waals surface area contributed by atoms with Gasteiger partial charge in [0.15, 0.2) is 5.05 Å². The van der Waals surface area contributed by atoms with Crippen LogP contribution in [0.15, 0.2) is 18.3 Å². The molecule has 0 aliphatic heterocycles. The van der Waals surface area contributed by atoms with Gasteiger partial charge in [0.2, 0.25) is 0 Å². The summed E-state index contributed by atoms with van der Waals surface area (Å²) >= 11 is 4.98. The van der Waals surface area contributed by atoms with Gasteiger partial charge in [-0.3, -0.25) is 9.78 Å². The lowest BCUT2D eigenvalue weighted by Gasteiger charge is -2.07.